The fourth-order valence-electron chi connectivity index (χ4n) is 2.48. The Morgan fingerprint density at radius 3 is 2.80 bits per heavy atom. The van der Waals surface area contributed by atoms with E-state index < -0.39 is 0 Å². The van der Waals surface area contributed by atoms with E-state index in [4.69, 9.17) is 4.74 Å². The molecule has 1 aromatic heterocycles. The topological polar surface area (TPSA) is 44.2 Å². The van der Waals surface area contributed by atoms with Gasteiger partial charge in [-0.2, -0.15) is 0 Å². The van der Waals surface area contributed by atoms with Crippen LogP contribution in [0.3, 0.4) is 0 Å². The van der Waals surface area contributed by atoms with E-state index in [-0.39, 0.29) is 0 Å². The van der Waals surface area contributed by atoms with Crippen molar-refractivity contribution >= 4 is 5.84 Å². The summed E-state index contributed by atoms with van der Waals surface area (Å²) in [6, 6.07) is 3.94. The number of likely N-dealkylation sites (N-methyl/N-ethyl adjacent to an activating group) is 2. The van der Waals surface area contributed by atoms with Crippen LogP contribution in [0, 0.1) is 0 Å². The average Bonchev–Trinajstić information content (AvgIpc) is 2.82. The van der Waals surface area contributed by atoms with Gasteiger partial charge in [0.25, 0.3) is 0 Å². The van der Waals surface area contributed by atoms with Crippen LogP contribution in [-0.2, 0) is 6.54 Å². The molecule has 0 bridgehead atoms. The molecule has 0 saturated heterocycles. The molecular formula is C14H19N5O. The summed E-state index contributed by atoms with van der Waals surface area (Å²) >= 11 is 0. The van der Waals surface area contributed by atoms with Crippen LogP contribution in [0.2, 0.25) is 0 Å². The van der Waals surface area contributed by atoms with Gasteiger partial charge in [0.05, 0.1) is 19.5 Å². The second kappa shape index (κ2) is 5.03. The lowest BCUT2D eigenvalue weighted by Crippen LogP contribution is -2.42. The highest BCUT2D eigenvalue weighted by atomic mass is 16.5. The van der Waals surface area contributed by atoms with Crippen molar-refractivity contribution < 1.29 is 4.74 Å². The molecule has 1 aromatic rings. The normalized spacial score (nSPS) is 17.9. The zero-order valence-corrected chi connectivity index (χ0v) is 12.1. The molecule has 0 saturated carbocycles. The first-order valence-electron chi connectivity index (χ1n) is 6.59. The van der Waals surface area contributed by atoms with E-state index in [0.29, 0.717) is 5.88 Å². The fourth-order valence-corrected chi connectivity index (χ4v) is 2.48. The minimum absolute atomic E-state index is 0.646. The molecule has 0 radical (unpaired) electrons. The van der Waals surface area contributed by atoms with E-state index in [1.807, 2.05) is 18.3 Å². The molecular weight excluding hydrogens is 254 g/mol. The monoisotopic (exact) mass is 273 g/mol. The predicted molar refractivity (Wildman–Crippen MR) is 77.1 cm³/mol. The largest absolute Gasteiger partial charge is 0.481 e. The third kappa shape index (κ3) is 2.29. The first-order valence-corrected chi connectivity index (χ1v) is 6.59. The Morgan fingerprint density at radius 1 is 1.25 bits per heavy atom. The van der Waals surface area contributed by atoms with Crippen molar-refractivity contribution in [2.45, 2.75) is 6.54 Å². The Kier molecular flexibility index (Phi) is 3.22. The van der Waals surface area contributed by atoms with Gasteiger partial charge in [-0.1, -0.05) is 6.07 Å². The number of pyridine rings is 1. The van der Waals surface area contributed by atoms with E-state index in [2.05, 4.69) is 45.0 Å². The summed E-state index contributed by atoms with van der Waals surface area (Å²) in [4.78, 5) is 15.4. The summed E-state index contributed by atoms with van der Waals surface area (Å²) in [5.41, 5.74) is 2.34. The first kappa shape index (κ1) is 12.8. The first-order chi connectivity index (χ1) is 9.67. The van der Waals surface area contributed by atoms with E-state index in [1.165, 1.54) is 5.70 Å². The van der Waals surface area contributed by atoms with E-state index in [0.717, 1.165) is 31.3 Å². The second-order valence-electron chi connectivity index (χ2n) is 5.13. The zero-order valence-electron chi connectivity index (χ0n) is 12.1. The number of rotatable bonds is 3. The van der Waals surface area contributed by atoms with Gasteiger partial charge in [-0.3, -0.25) is 0 Å². The molecule has 0 atom stereocenters. The predicted octanol–water partition coefficient (Wildman–Crippen LogP) is 0.938. The Bertz CT molecular complexity index is 551. The van der Waals surface area contributed by atoms with Crippen molar-refractivity contribution in [3.05, 3.63) is 35.8 Å². The van der Waals surface area contributed by atoms with Crippen LogP contribution in [0.25, 0.3) is 0 Å². The standard InChI is InChI=1S/C14H19N5O/c1-17-9-16-14-12(17)8-19(10-18(14)2)7-11-4-5-13(20-3)15-6-11/h4-6,8H,7,9-10H2,1-3H3. The number of amidine groups is 1. The maximum absolute atomic E-state index is 5.08. The van der Waals surface area contributed by atoms with E-state index >= 15 is 0 Å². The van der Waals surface area contributed by atoms with Gasteiger partial charge >= 0.3 is 0 Å². The number of hydrogen-bond acceptors (Lipinski definition) is 6. The van der Waals surface area contributed by atoms with Crippen molar-refractivity contribution in [1.82, 2.24) is 19.7 Å². The number of aliphatic imine (C=N–C) groups is 1. The molecule has 3 rings (SSSR count). The van der Waals surface area contributed by atoms with Gasteiger partial charge in [-0.25, -0.2) is 9.98 Å². The lowest BCUT2D eigenvalue weighted by molar-refractivity contribution is 0.248. The van der Waals surface area contributed by atoms with Gasteiger partial charge in [-0.05, 0) is 5.56 Å². The van der Waals surface area contributed by atoms with Gasteiger partial charge in [0.2, 0.25) is 5.88 Å². The summed E-state index contributed by atoms with van der Waals surface area (Å²) in [6.07, 6.45) is 4.04. The zero-order chi connectivity index (χ0) is 14.1. The molecule has 2 aliphatic rings. The Morgan fingerprint density at radius 2 is 2.10 bits per heavy atom. The Balaban J connectivity index is 1.76. The van der Waals surface area contributed by atoms with Gasteiger partial charge in [0.15, 0.2) is 5.84 Å². The highest BCUT2D eigenvalue weighted by Gasteiger charge is 2.27. The summed E-state index contributed by atoms with van der Waals surface area (Å²) in [6.45, 7) is 2.40. The van der Waals surface area contributed by atoms with E-state index in [1.54, 1.807) is 7.11 Å². The minimum atomic E-state index is 0.646. The quantitative estimate of drug-likeness (QED) is 0.820. The van der Waals surface area contributed by atoms with Crippen LogP contribution < -0.4 is 4.74 Å². The van der Waals surface area contributed by atoms with Crippen LogP contribution in [0.5, 0.6) is 5.88 Å². The molecule has 20 heavy (non-hydrogen) atoms. The Hall–Kier alpha value is -2.24. The van der Waals surface area contributed by atoms with Crippen LogP contribution in [-0.4, -0.2) is 60.1 Å². The molecule has 6 heteroatoms. The molecule has 0 unspecified atom stereocenters. The highest BCUT2D eigenvalue weighted by Crippen LogP contribution is 2.21. The molecule has 0 amide bonds. The van der Waals surface area contributed by atoms with Gasteiger partial charge < -0.3 is 19.4 Å². The molecule has 3 heterocycles. The summed E-state index contributed by atoms with van der Waals surface area (Å²) < 4.78 is 5.08. The molecule has 0 aromatic carbocycles. The van der Waals surface area contributed by atoms with Gasteiger partial charge in [0.1, 0.15) is 6.67 Å². The van der Waals surface area contributed by atoms with Gasteiger partial charge in [0, 0.05) is 39.1 Å². The minimum Gasteiger partial charge on any atom is -0.481 e. The summed E-state index contributed by atoms with van der Waals surface area (Å²) in [5.74, 6) is 1.73. The molecule has 0 spiro atoms. The Labute approximate surface area is 119 Å². The number of hydrogen-bond donors (Lipinski definition) is 0. The smallest absolute Gasteiger partial charge is 0.212 e. The van der Waals surface area contributed by atoms with Crippen molar-refractivity contribution in [2.24, 2.45) is 4.99 Å². The molecule has 6 nitrogen and oxygen atoms in total. The van der Waals surface area contributed by atoms with Crippen molar-refractivity contribution in [1.29, 1.82) is 0 Å². The number of nitrogens with zero attached hydrogens (tertiary/aromatic N) is 5. The van der Waals surface area contributed by atoms with Crippen LogP contribution in [0.1, 0.15) is 5.56 Å². The molecule has 0 aliphatic carbocycles. The fraction of sp³-hybridized carbons (Fsp3) is 0.429. The van der Waals surface area contributed by atoms with Crippen molar-refractivity contribution in [2.75, 3.05) is 34.5 Å². The van der Waals surface area contributed by atoms with E-state index in [9.17, 15) is 0 Å². The molecule has 0 N–H and O–H groups in total. The van der Waals surface area contributed by atoms with Crippen molar-refractivity contribution in [3.63, 3.8) is 0 Å². The number of aromatic nitrogens is 1. The SMILES string of the molecule is COc1ccc(CN2C=C3C(=NCN3C)N(C)C2)cn1. The van der Waals surface area contributed by atoms with Gasteiger partial charge in [-0.15, -0.1) is 0 Å². The lowest BCUT2D eigenvalue weighted by atomic mass is 10.2. The number of methoxy groups -OCH3 is 1. The second-order valence-corrected chi connectivity index (χ2v) is 5.13. The highest BCUT2D eigenvalue weighted by molar-refractivity contribution is 5.99. The molecule has 2 aliphatic heterocycles. The van der Waals surface area contributed by atoms with Crippen LogP contribution in [0.15, 0.2) is 35.2 Å². The summed E-state index contributed by atoms with van der Waals surface area (Å²) in [7, 11) is 5.77. The summed E-state index contributed by atoms with van der Waals surface area (Å²) in [5, 5.41) is 0. The number of fused-ring (bicyclic) bond motifs is 1. The van der Waals surface area contributed by atoms with Crippen molar-refractivity contribution in [3.8, 4) is 5.88 Å². The maximum atomic E-state index is 5.08. The van der Waals surface area contributed by atoms with Crippen LogP contribution >= 0.6 is 0 Å². The molecule has 0 fully saturated rings. The maximum Gasteiger partial charge on any atom is 0.212 e. The molecule has 106 valence electrons. The number of ether oxygens (including phenoxy) is 1. The third-order valence-corrected chi connectivity index (χ3v) is 3.53. The third-order valence-electron chi connectivity index (χ3n) is 3.53. The lowest BCUT2D eigenvalue weighted by Gasteiger charge is -2.34. The van der Waals surface area contributed by atoms with Crippen LogP contribution in [0.4, 0.5) is 0 Å². The average molecular weight is 273 g/mol.